The molecular weight excluding hydrogens is 719 g/mol. The van der Waals surface area contributed by atoms with Gasteiger partial charge in [0.15, 0.2) is 27.8 Å². The molecule has 0 radical (unpaired) electrons. The monoisotopic (exact) mass is 746 g/mol. The minimum atomic E-state index is -0.808. The van der Waals surface area contributed by atoms with Crippen molar-refractivity contribution in [3.05, 3.63) is 111 Å². The minimum Gasteiger partial charge on any atom is -0.493 e. The number of aromatic nitrogens is 1. The van der Waals surface area contributed by atoms with E-state index in [9.17, 15) is 9.59 Å². The molecule has 0 N–H and O–H groups in total. The van der Waals surface area contributed by atoms with Crippen LogP contribution in [0.2, 0.25) is 10.0 Å². The van der Waals surface area contributed by atoms with Crippen molar-refractivity contribution in [1.82, 2.24) is 4.57 Å². The number of rotatable bonds is 11. The quantitative estimate of drug-likeness (QED) is 0.162. The second-order valence-corrected chi connectivity index (χ2v) is 12.5. The van der Waals surface area contributed by atoms with Crippen LogP contribution in [0.25, 0.3) is 6.08 Å². The molecule has 0 fully saturated rings. The van der Waals surface area contributed by atoms with E-state index < -0.39 is 12.0 Å². The number of thiazole rings is 1. The molecule has 2 heterocycles. The highest BCUT2D eigenvalue weighted by atomic mass is 79.9. The smallest absolute Gasteiger partial charge is 0.337 e. The van der Waals surface area contributed by atoms with Crippen molar-refractivity contribution in [1.29, 1.82) is 0 Å². The standard InChI is InChI=1S/C33H29BrCl2N2O7S/c1-5-43-25-10-8-19(14-26(25)44-6-2)29-22(32(40)42-4)16-37-33-38(29)31(39)28(46-33)13-18-11-23(34)30(27(12-18)41-3)45-17-20-7-9-21(35)15-24(20)36/h7-16,29H,5-6,17H2,1-4H3/b28-13-/t29-/m0/s1. The molecule has 4 aromatic rings. The largest absolute Gasteiger partial charge is 0.493 e. The predicted molar refractivity (Wildman–Crippen MR) is 181 cm³/mol. The van der Waals surface area contributed by atoms with Crippen molar-refractivity contribution in [3.8, 4) is 23.0 Å². The number of hydrogen-bond donors (Lipinski definition) is 0. The first-order chi connectivity index (χ1) is 22.2. The highest BCUT2D eigenvalue weighted by Crippen LogP contribution is 2.38. The van der Waals surface area contributed by atoms with E-state index in [1.807, 2.05) is 19.9 Å². The van der Waals surface area contributed by atoms with Crippen LogP contribution in [0.5, 0.6) is 23.0 Å². The maximum absolute atomic E-state index is 14.0. The van der Waals surface area contributed by atoms with Crippen LogP contribution in [-0.2, 0) is 16.1 Å². The van der Waals surface area contributed by atoms with Gasteiger partial charge in [-0.25, -0.2) is 9.79 Å². The summed E-state index contributed by atoms with van der Waals surface area (Å²) in [5.74, 6) is 1.38. The Kier molecular flexibility index (Phi) is 10.8. The van der Waals surface area contributed by atoms with E-state index in [0.717, 1.165) is 5.56 Å². The van der Waals surface area contributed by atoms with Crippen LogP contribution < -0.4 is 33.8 Å². The second-order valence-electron chi connectivity index (χ2n) is 9.81. The van der Waals surface area contributed by atoms with Crippen LogP contribution in [0, 0.1) is 0 Å². The molecule has 3 aromatic carbocycles. The number of carbonyl (C=O) groups excluding carboxylic acids is 1. The third kappa shape index (κ3) is 6.97. The SMILES string of the molecule is CCOc1ccc([C@H]2C(C(=O)OC)=CN=c3s/c(=C\c4cc(Br)c(OCc5ccc(Cl)cc5Cl)c(OC)c4)c(=O)n32)cc1OCC. The van der Waals surface area contributed by atoms with E-state index in [-0.39, 0.29) is 17.7 Å². The van der Waals surface area contributed by atoms with Gasteiger partial charge in [0.1, 0.15) is 6.61 Å². The molecule has 0 saturated heterocycles. The maximum Gasteiger partial charge on any atom is 0.337 e. The normalized spacial score (nSPS) is 14.2. The van der Waals surface area contributed by atoms with Gasteiger partial charge in [0, 0.05) is 21.8 Å². The molecule has 1 aromatic heterocycles. The zero-order valence-electron chi connectivity index (χ0n) is 25.3. The Morgan fingerprint density at radius 2 is 1.76 bits per heavy atom. The molecule has 9 nitrogen and oxygen atoms in total. The maximum atomic E-state index is 14.0. The average Bonchev–Trinajstić information content (AvgIpc) is 3.35. The van der Waals surface area contributed by atoms with Gasteiger partial charge in [0.05, 0.1) is 48.1 Å². The molecule has 0 spiro atoms. The van der Waals surface area contributed by atoms with Gasteiger partial charge in [0.2, 0.25) is 0 Å². The zero-order chi connectivity index (χ0) is 33.0. The lowest BCUT2D eigenvalue weighted by molar-refractivity contribution is -0.136. The molecular formula is C33H29BrCl2N2O7S. The van der Waals surface area contributed by atoms with E-state index in [2.05, 4.69) is 20.9 Å². The van der Waals surface area contributed by atoms with Gasteiger partial charge in [-0.1, -0.05) is 46.7 Å². The predicted octanol–water partition coefficient (Wildman–Crippen LogP) is 6.47. The van der Waals surface area contributed by atoms with Crippen LogP contribution in [0.4, 0.5) is 0 Å². The Bertz CT molecular complexity index is 2010. The molecule has 13 heteroatoms. The third-order valence-electron chi connectivity index (χ3n) is 6.94. The van der Waals surface area contributed by atoms with Crippen molar-refractivity contribution in [2.45, 2.75) is 26.5 Å². The second kappa shape index (κ2) is 14.8. The fourth-order valence-electron chi connectivity index (χ4n) is 4.89. The Hall–Kier alpha value is -3.77. The van der Waals surface area contributed by atoms with Gasteiger partial charge in [-0.3, -0.25) is 9.36 Å². The number of hydrogen-bond acceptors (Lipinski definition) is 9. The van der Waals surface area contributed by atoms with Gasteiger partial charge in [-0.05, 0) is 83.4 Å². The van der Waals surface area contributed by atoms with E-state index in [4.69, 9.17) is 46.9 Å². The Morgan fingerprint density at radius 3 is 2.46 bits per heavy atom. The lowest BCUT2D eigenvalue weighted by Crippen LogP contribution is -2.39. The molecule has 0 unspecified atom stereocenters. The van der Waals surface area contributed by atoms with Crippen molar-refractivity contribution in [2.75, 3.05) is 27.4 Å². The average molecular weight is 748 g/mol. The fourth-order valence-corrected chi connectivity index (χ4v) is 6.90. The molecule has 1 atom stereocenters. The molecule has 0 bridgehead atoms. The summed E-state index contributed by atoms with van der Waals surface area (Å²) >= 11 is 17.1. The van der Waals surface area contributed by atoms with Crippen LogP contribution in [0.15, 0.2) is 74.6 Å². The number of esters is 1. The van der Waals surface area contributed by atoms with Gasteiger partial charge < -0.3 is 23.7 Å². The van der Waals surface area contributed by atoms with Crippen LogP contribution in [0.3, 0.4) is 0 Å². The Labute approximate surface area is 287 Å². The number of carbonyl (C=O) groups is 1. The Morgan fingerprint density at radius 1 is 1.00 bits per heavy atom. The lowest BCUT2D eigenvalue weighted by Gasteiger charge is -2.23. The summed E-state index contributed by atoms with van der Waals surface area (Å²) in [6.45, 7) is 4.79. The van der Waals surface area contributed by atoms with Crippen molar-refractivity contribution >= 4 is 62.5 Å². The number of halogens is 3. The summed E-state index contributed by atoms with van der Waals surface area (Å²) in [5.41, 5.74) is 1.95. The van der Waals surface area contributed by atoms with Gasteiger partial charge in [-0.2, -0.15) is 0 Å². The minimum absolute atomic E-state index is 0.183. The third-order valence-corrected chi connectivity index (χ3v) is 9.12. The topological polar surface area (TPSA) is 97.6 Å². The molecule has 1 aliphatic rings. The molecule has 0 saturated carbocycles. The van der Waals surface area contributed by atoms with E-state index in [1.54, 1.807) is 48.5 Å². The summed E-state index contributed by atoms with van der Waals surface area (Å²) in [4.78, 5) is 31.8. The van der Waals surface area contributed by atoms with Crippen LogP contribution in [-0.4, -0.2) is 38.0 Å². The van der Waals surface area contributed by atoms with E-state index in [0.29, 0.717) is 71.2 Å². The number of ether oxygens (including phenoxy) is 5. The highest BCUT2D eigenvalue weighted by Gasteiger charge is 2.31. The van der Waals surface area contributed by atoms with Gasteiger partial charge >= 0.3 is 5.97 Å². The zero-order valence-corrected chi connectivity index (χ0v) is 29.2. The molecule has 0 amide bonds. The van der Waals surface area contributed by atoms with Gasteiger partial charge in [-0.15, -0.1) is 0 Å². The summed E-state index contributed by atoms with van der Waals surface area (Å²) in [6.07, 6.45) is 3.18. The van der Waals surface area contributed by atoms with Crippen LogP contribution >= 0.6 is 50.5 Å². The van der Waals surface area contributed by atoms with Gasteiger partial charge in [0.25, 0.3) is 5.56 Å². The summed E-state index contributed by atoms with van der Waals surface area (Å²) in [5, 5.41) is 1.02. The summed E-state index contributed by atoms with van der Waals surface area (Å²) < 4.78 is 30.8. The highest BCUT2D eigenvalue weighted by molar-refractivity contribution is 9.10. The van der Waals surface area contributed by atoms with Crippen LogP contribution in [0.1, 0.15) is 36.6 Å². The molecule has 5 rings (SSSR count). The lowest BCUT2D eigenvalue weighted by atomic mass is 9.97. The number of methoxy groups -OCH3 is 2. The summed E-state index contributed by atoms with van der Waals surface area (Å²) in [7, 11) is 2.82. The Balaban J connectivity index is 1.56. The van der Waals surface area contributed by atoms with E-state index >= 15 is 0 Å². The molecule has 0 aliphatic carbocycles. The van der Waals surface area contributed by atoms with Crippen molar-refractivity contribution in [3.63, 3.8) is 0 Å². The molecule has 240 valence electrons. The fraction of sp³-hybridized carbons (Fsp3) is 0.242. The first-order valence-electron chi connectivity index (χ1n) is 14.1. The van der Waals surface area contributed by atoms with Crippen molar-refractivity contribution < 1.29 is 28.5 Å². The number of nitrogens with zero attached hydrogens (tertiary/aromatic N) is 2. The number of fused-ring (bicyclic) bond motifs is 1. The summed E-state index contributed by atoms with van der Waals surface area (Å²) in [6, 6.07) is 13.3. The molecule has 46 heavy (non-hydrogen) atoms. The number of benzene rings is 3. The molecule has 1 aliphatic heterocycles. The first-order valence-corrected chi connectivity index (χ1v) is 16.5. The van der Waals surface area contributed by atoms with E-state index in [1.165, 1.54) is 36.3 Å². The van der Waals surface area contributed by atoms with Crippen molar-refractivity contribution in [2.24, 2.45) is 4.99 Å². The first kappa shape index (κ1) is 33.6.